The van der Waals surface area contributed by atoms with E-state index in [1.807, 2.05) is 0 Å². The number of aryl methyl sites for hydroxylation is 1. The third kappa shape index (κ3) is 2.16. The van der Waals surface area contributed by atoms with Crippen LogP contribution in [-0.2, 0) is 11.3 Å². The van der Waals surface area contributed by atoms with Crippen LogP contribution in [0.25, 0.3) is 0 Å². The number of nitrogens with zero attached hydrogens (tertiary/aromatic N) is 3. The Morgan fingerprint density at radius 1 is 1.69 bits per heavy atom. The monoisotopic (exact) mass is 228 g/mol. The highest BCUT2D eigenvalue weighted by atomic mass is 16.6. The van der Waals surface area contributed by atoms with Gasteiger partial charge >= 0.3 is 11.7 Å². The lowest BCUT2D eigenvalue weighted by Gasteiger charge is -2.07. The van der Waals surface area contributed by atoms with Crippen molar-refractivity contribution in [2.75, 3.05) is 0 Å². The lowest BCUT2D eigenvalue weighted by molar-refractivity contribution is -0.386. The van der Waals surface area contributed by atoms with E-state index in [4.69, 9.17) is 10.8 Å². The Kier molecular flexibility index (Phi) is 3.23. The van der Waals surface area contributed by atoms with E-state index >= 15 is 0 Å². The highest BCUT2D eigenvalue weighted by molar-refractivity contribution is 5.72. The van der Waals surface area contributed by atoms with Gasteiger partial charge in [-0.05, 0) is 13.8 Å². The molecule has 0 aliphatic rings. The Morgan fingerprint density at radius 2 is 2.25 bits per heavy atom. The predicted octanol–water partition coefficient (Wildman–Crippen LogP) is -0.180. The molecule has 8 nitrogen and oxygen atoms in total. The molecule has 0 saturated carbocycles. The molecule has 16 heavy (non-hydrogen) atoms. The topological polar surface area (TPSA) is 124 Å². The van der Waals surface area contributed by atoms with E-state index in [9.17, 15) is 14.9 Å². The van der Waals surface area contributed by atoms with Gasteiger partial charge in [-0.2, -0.15) is 5.10 Å². The second-order valence-corrected chi connectivity index (χ2v) is 3.40. The highest BCUT2D eigenvalue weighted by Gasteiger charge is 2.23. The zero-order valence-corrected chi connectivity index (χ0v) is 8.88. The molecule has 8 heteroatoms. The molecule has 1 rings (SSSR count). The molecule has 0 amide bonds. The summed E-state index contributed by atoms with van der Waals surface area (Å²) in [6.07, 6.45) is 0. The smallest absolute Gasteiger partial charge is 0.322 e. The van der Waals surface area contributed by atoms with Crippen molar-refractivity contribution < 1.29 is 14.8 Å². The molecule has 1 aromatic heterocycles. The van der Waals surface area contributed by atoms with Gasteiger partial charge in [0.05, 0.1) is 11.5 Å². The fourth-order valence-corrected chi connectivity index (χ4v) is 1.39. The largest absolute Gasteiger partial charge is 0.480 e. The number of nitrogens with two attached hydrogens (primary N) is 1. The SMILES string of the molecule is Cc1nn(CC(N)C(=O)O)c(C)c1[N+](=O)[O-]. The standard InChI is InChI=1S/C8H12N4O4/c1-4-7(12(15)16)5(2)11(10-4)3-6(9)8(13)14/h6H,3,9H2,1-2H3,(H,13,14). The number of aliphatic carboxylic acids is 1. The molecule has 0 radical (unpaired) electrons. The molecule has 0 fully saturated rings. The maximum atomic E-state index is 10.7. The molecule has 1 aromatic rings. The highest BCUT2D eigenvalue weighted by Crippen LogP contribution is 2.21. The van der Waals surface area contributed by atoms with Gasteiger partial charge < -0.3 is 10.8 Å². The van der Waals surface area contributed by atoms with Crippen LogP contribution in [0.4, 0.5) is 5.69 Å². The van der Waals surface area contributed by atoms with Crippen LogP contribution in [0.3, 0.4) is 0 Å². The minimum atomic E-state index is -1.17. The first kappa shape index (κ1) is 12.1. The average Bonchev–Trinajstić information content (AvgIpc) is 2.41. The molecular weight excluding hydrogens is 216 g/mol. The molecule has 0 aliphatic heterocycles. The number of carboxylic acids is 1. The van der Waals surface area contributed by atoms with E-state index in [-0.39, 0.29) is 17.9 Å². The number of carbonyl (C=O) groups is 1. The maximum Gasteiger partial charge on any atom is 0.322 e. The number of hydrogen-bond acceptors (Lipinski definition) is 5. The summed E-state index contributed by atoms with van der Waals surface area (Å²) in [4.78, 5) is 20.7. The second kappa shape index (κ2) is 4.27. The molecule has 1 heterocycles. The third-order valence-electron chi connectivity index (χ3n) is 2.21. The van der Waals surface area contributed by atoms with Crippen LogP contribution in [0.15, 0.2) is 0 Å². The Morgan fingerprint density at radius 3 is 2.62 bits per heavy atom. The number of carboxylic acid groups (broad SMARTS) is 1. The van der Waals surface area contributed by atoms with Crippen molar-refractivity contribution in [1.82, 2.24) is 9.78 Å². The zero-order valence-electron chi connectivity index (χ0n) is 8.88. The van der Waals surface area contributed by atoms with Crippen molar-refractivity contribution in [2.24, 2.45) is 5.73 Å². The lowest BCUT2D eigenvalue weighted by Crippen LogP contribution is -2.35. The van der Waals surface area contributed by atoms with Crippen molar-refractivity contribution in [1.29, 1.82) is 0 Å². The van der Waals surface area contributed by atoms with Crippen LogP contribution in [0, 0.1) is 24.0 Å². The van der Waals surface area contributed by atoms with Gasteiger partial charge in [-0.3, -0.25) is 19.6 Å². The second-order valence-electron chi connectivity index (χ2n) is 3.40. The molecule has 0 saturated heterocycles. The van der Waals surface area contributed by atoms with E-state index < -0.39 is 16.9 Å². The number of nitro groups is 1. The van der Waals surface area contributed by atoms with E-state index in [2.05, 4.69) is 5.10 Å². The van der Waals surface area contributed by atoms with E-state index in [0.717, 1.165) is 0 Å². The molecule has 1 atom stereocenters. The summed E-state index contributed by atoms with van der Waals surface area (Å²) in [5.41, 5.74) is 5.78. The van der Waals surface area contributed by atoms with Gasteiger partial charge in [0.25, 0.3) is 0 Å². The van der Waals surface area contributed by atoms with Crippen LogP contribution >= 0.6 is 0 Å². The molecule has 0 aromatic carbocycles. The molecule has 88 valence electrons. The summed E-state index contributed by atoms with van der Waals surface area (Å²) in [5, 5.41) is 23.2. The fraction of sp³-hybridized carbons (Fsp3) is 0.500. The maximum absolute atomic E-state index is 10.7. The summed E-state index contributed by atoms with van der Waals surface area (Å²) >= 11 is 0. The molecule has 0 spiro atoms. The van der Waals surface area contributed by atoms with Crippen molar-refractivity contribution >= 4 is 11.7 Å². The number of hydrogen-bond donors (Lipinski definition) is 2. The quantitative estimate of drug-likeness (QED) is 0.544. The summed E-state index contributed by atoms with van der Waals surface area (Å²) in [6, 6.07) is -1.13. The molecule has 1 unspecified atom stereocenters. The van der Waals surface area contributed by atoms with Crippen molar-refractivity contribution in [2.45, 2.75) is 26.4 Å². The Labute approximate surface area is 90.8 Å². The van der Waals surface area contributed by atoms with Gasteiger partial charge in [0.1, 0.15) is 17.4 Å². The predicted molar refractivity (Wildman–Crippen MR) is 54.0 cm³/mol. The van der Waals surface area contributed by atoms with Crippen LogP contribution in [-0.4, -0.2) is 31.8 Å². The summed E-state index contributed by atoms with van der Waals surface area (Å²) in [5.74, 6) is -1.17. The minimum Gasteiger partial charge on any atom is -0.480 e. The van der Waals surface area contributed by atoms with Gasteiger partial charge in [0.15, 0.2) is 0 Å². The Hall–Kier alpha value is -1.96. The number of rotatable bonds is 4. The van der Waals surface area contributed by atoms with E-state index in [1.165, 1.54) is 18.5 Å². The van der Waals surface area contributed by atoms with E-state index in [1.54, 1.807) is 0 Å². The van der Waals surface area contributed by atoms with Gasteiger partial charge in [0, 0.05) is 0 Å². The molecular formula is C8H12N4O4. The minimum absolute atomic E-state index is 0.0875. The molecule has 0 bridgehead atoms. The average molecular weight is 228 g/mol. The normalized spacial score (nSPS) is 12.4. The lowest BCUT2D eigenvalue weighted by atomic mass is 10.3. The molecule has 3 N–H and O–H groups in total. The van der Waals surface area contributed by atoms with Gasteiger partial charge in [-0.25, -0.2) is 0 Å². The van der Waals surface area contributed by atoms with Crippen LogP contribution in [0.5, 0.6) is 0 Å². The van der Waals surface area contributed by atoms with Crippen LogP contribution in [0.2, 0.25) is 0 Å². The van der Waals surface area contributed by atoms with Crippen molar-refractivity contribution in [3.8, 4) is 0 Å². The summed E-state index contributed by atoms with van der Waals surface area (Å²) in [7, 11) is 0. The van der Waals surface area contributed by atoms with Gasteiger partial charge in [-0.15, -0.1) is 0 Å². The van der Waals surface area contributed by atoms with Gasteiger partial charge in [0.2, 0.25) is 0 Å². The van der Waals surface area contributed by atoms with Gasteiger partial charge in [-0.1, -0.05) is 0 Å². The Balaban J connectivity index is 3.04. The van der Waals surface area contributed by atoms with Crippen molar-refractivity contribution in [3.05, 3.63) is 21.5 Å². The first-order chi connectivity index (χ1) is 7.34. The summed E-state index contributed by atoms with van der Waals surface area (Å²) in [6.45, 7) is 2.91. The first-order valence-corrected chi connectivity index (χ1v) is 4.51. The Bertz CT molecular complexity index is 439. The fourth-order valence-electron chi connectivity index (χ4n) is 1.39. The number of aromatic nitrogens is 2. The third-order valence-corrected chi connectivity index (χ3v) is 2.21. The van der Waals surface area contributed by atoms with Crippen molar-refractivity contribution in [3.63, 3.8) is 0 Å². The first-order valence-electron chi connectivity index (χ1n) is 4.51. The van der Waals surface area contributed by atoms with E-state index in [0.29, 0.717) is 5.69 Å². The molecule has 0 aliphatic carbocycles. The van der Waals surface area contributed by atoms with Crippen LogP contribution < -0.4 is 5.73 Å². The van der Waals surface area contributed by atoms with Crippen LogP contribution in [0.1, 0.15) is 11.4 Å². The summed E-state index contributed by atoms with van der Waals surface area (Å²) < 4.78 is 1.24. The zero-order chi connectivity index (χ0) is 12.5.